The molecule has 3 aromatic rings. The number of carbonyl (C=O) groups excluding carboxylic acids is 1. The Morgan fingerprint density at radius 2 is 2.03 bits per heavy atom. The summed E-state index contributed by atoms with van der Waals surface area (Å²) in [5, 5.41) is 9.18. The van der Waals surface area contributed by atoms with Crippen LogP contribution in [-0.2, 0) is 18.0 Å². The Morgan fingerprint density at radius 3 is 2.69 bits per heavy atom. The summed E-state index contributed by atoms with van der Waals surface area (Å²) in [5.74, 6) is -0.0132. The predicted octanol–water partition coefficient (Wildman–Crippen LogP) is 3.22. The van der Waals surface area contributed by atoms with Crippen LogP contribution in [0, 0.1) is 0 Å². The number of ether oxygens (including phenoxy) is 1. The average molecular weight is 490 g/mol. The van der Waals surface area contributed by atoms with Crippen LogP contribution >= 0.6 is 0 Å². The predicted molar refractivity (Wildman–Crippen MR) is 124 cm³/mol. The number of benzene rings is 1. The average Bonchev–Trinajstić information content (AvgIpc) is 3.29. The Bertz CT molecular complexity index is 1320. The first-order valence-corrected chi connectivity index (χ1v) is 11.0. The van der Waals surface area contributed by atoms with E-state index < -0.39 is 23.7 Å². The highest BCUT2D eigenvalue weighted by molar-refractivity contribution is 5.89. The van der Waals surface area contributed by atoms with Gasteiger partial charge < -0.3 is 20.7 Å². The maximum atomic E-state index is 13.5. The number of nitrogens with one attached hydrogen (secondary N) is 3. The minimum absolute atomic E-state index is 0.0341. The molecule has 12 heteroatoms. The number of alkyl halides is 3. The monoisotopic (exact) mass is 490 g/mol. The van der Waals surface area contributed by atoms with Crippen LogP contribution < -0.4 is 26.2 Å². The molecule has 1 aliphatic heterocycles. The van der Waals surface area contributed by atoms with E-state index in [2.05, 4.69) is 25.9 Å². The van der Waals surface area contributed by atoms with Gasteiger partial charge in [-0.05, 0) is 43.7 Å². The fourth-order valence-electron chi connectivity index (χ4n) is 3.98. The molecule has 3 heterocycles. The van der Waals surface area contributed by atoms with Gasteiger partial charge >= 0.3 is 6.18 Å². The SMILES string of the molecule is CC(=O)Nc1cc(C(C)Nc2ncnc3c2cc(O[C@H]2CCNC2)c(=O)n3C)cc(C(F)(F)F)c1. The topological polar surface area (TPSA) is 110 Å². The van der Waals surface area contributed by atoms with E-state index in [0.717, 1.165) is 25.1 Å². The Labute approximate surface area is 198 Å². The first-order chi connectivity index (χ1) is 16.5. The molecule has 0 aliphatic carbocycles. The Morgan fingerprint density at radius 1 is 1.26 bits per heavy atom. The summed E-state index contributed by atoms with van der Waals surface area (Å²) in [5.41, 5.74) is -0.567. The van der Waals surface area contributed by atoms with Gasteiger partial charge in [0.25, 0.3) is 5.56 Å². The number of halogens is 3. The molecule has 2 aromatic heterocycles. The minimum atomic E-state index is -4.59. The zero-order chi connectivity index (χ0) is 25.3. The van der Waals surface area contributed by atoms with Crippen molar-refractivity contribution in [2.75, 3.05) is 23.7 Å². The molecule has 1 amide bonds. The first-order valence-electron chi connectivity index (χ1n) is 11.0. The lowest BCUT2D eigenvalue weighted by molar-refractivity contribution is -0.137. The molecule has 1 aromatic carbocycles. The van der Waals surface area contributed by atoms with Crippen LogP contribution in [0.5, 0.6) is 5.75 Å². The van der Waals surface area contributed by atoms with Crippen molar-refractivity contribution in [3.8, 4) is 5.75 Å². The number of amides is 1. The minimum Gasteiger partial charge on any atom is -0.483 e. The van der Waals surface area contributed by atoms with E-state index in [-0.39, 0.29) is 28.7 Å². The smallest absolute Gasteiger partial charge is 0.416 e. The van der Waals surface area contributed by atoms with Gasteiger partial charge in [-0.3, -0.25) is 14.2 Å². The summed E-state index contributed by atoms with van der Waals surface area (Å²) in [6.45, 7) is 4.31. The number of nitrogens with zero attached hydrogens (tertiary/aromatic N) is 3. The van der Waals surface area contributed by atoms with E-state index in [1.165, 1.54) is 23.9 Å². The normalized spacial score (nSPS) is 16.8. The molecule has 3 N–H and O–H groups in total. The summed E-state index contributed by atoms with van der Waals surface area (Å²) in [6, 6.07) is 4.29. The van der Waals surface area contributed by atoms with Crippen molar-refractivity contribution in [1.29, 1.82) is 0 Å². The van der Waals surface area contributed by atoms with Crippen LogP contribution in [-0.4, -0.2) is 39.6 Å². The molecule has 0 saturated carbocycles. The number of aromatic nitrogens is 3. The van der Waals surface area contributed by atoms with Crippen molar-refractivity contribution >= 4 is 28.4 Å². The van der Waals surface area contributed by atoms with Gasteiger partial charge in [-0.15, -0.1) is 0 Å². The number of pyridine rings is 1. The first kappa shape index (κ1) is 24.5. The summed E-state index contributed by atoms with van der Waals surface area (Å²) in [6.07, 6.45) is -2.70. The van der Waals surface area contributed by atoms with E-state index in [4.69, 9.17) is 4.74 Å². The fraction of sp³-hybridized carbons (Fsp3) is 0.391. The number of hydrogen-bond acceptors (Lipinski definition) is 7. The van der Waals surface area contributed by atoms with Crippen LogP contribution in [0.25, 0.3) is 11.0 Å². The lowest BCUT2D eigenvalue weighted by Gasteiger charge is -2.20. The third-order valence-corrected chi connectivity index (χ3v) is 5.74. The van der Waals surface area contributed by atoms with Crippen LogP contribution in [0.3, 0.4) is 0 Å². The lowest BCUT2D eigenvalue weighted by Crippen LogP contribution is -2.26. The second-order valence-corrected chi connectivity index (χ2v) is 8.45. The van der Waals surface area contributed by atoms with Crippen molar-refractivity contribution in [2.45, 2.75) is 38.6 Å². The van der Waals surface area contributed by atoms with Gasteiger partial charge in [0.1, 0.15) is 23.9 Å². The maximum absolute atomic E-state index is 13.5. The molecule has 4 rings (SSSR count). The summed E-state index contributed by atoms with van der Waals surface area (Å²) in [4.78, 5) is 32.7. The molecule has 0 spiro atoms. The van der Waals surface area contributed by atoms with Crippen molar-refractivity contribution in [3.05, 3.63) is 52.1 Å². The van der Waals surface area contributed by atoms with E-state index in [0.29, 0.717) is 23.4 Å². The number of anilines is 2. The van der Waals surface area contributed by atoms with Crippen LogP contribution in [0.4, 0.5) is 24.7 Å². The van der Waals surface area contributed by atoms with Gasteiger partial charge in [-0.2, -0.15) is 13.2 Å². The lowest BCUT2D eigenvalue weighted by atomic mass is 10.0. The molecule has 2 atom stereocenters. The molecule has 0 radical (unpaired) electrons. The van der Waals surface area contributed by atoms with Gasteiger partial charge in [0, 0.05) is 32.3 Å². The van der Waals surface area contributed by atoms with Gasteiger partial charge in [0.05, 0.1) is 17.0 Å². The zero-order valence-electron chi connectivity index (χ0n) is 19.4. The third kappa shape index (κ3) is 5.37. The van der Waals surface area contributed by atoms with Crippen molar-refractivity contribution in [3.63, 3.8) is 0 Å². The van der Waals surface area contributed by atoms with Crippen molar-refractivity contribution in [1.82, 2.24) is 19.9 Å². The summed E-state index contributed by atoms with van der Waals surface area (Å²) < 4.78 is 47.7. The quantitative estimate of drug-likeness (QED) is 0.487. The Balaban J connectivity index is 1.71. The van der Waals surface area contributed by atoms with Gasteiger partial charge in [0.15, 0.2) is 5.75 Å². The van der Waals surface area contributed by atoms with Crippen LogP contribution in [0.15, 0.2) is 35.4 Å². The Kier molecular flexibility index (Phi) is 6.66. The molecular formula is C23H25F3N6O3. The van der Waals surface area contributed by atoms with Gasteiger partial charge in [-0.25, -0.2) is 9.97 Å². The highest BCUT2D eigenvalue weighted by Crippen LogP contribution is 2.34. The molecule has 1 unspecified atom stereocenters. The van der Waals surface area contributed by atoms with Gasteiger partial charge in [-0.1, -0.05) is 0 Å². The number of carbonyl (C=O) groups is 1. The number of rotatable bonds is 6. The fourth-order valence-corrected chi connectivity index (χ4v) is 3.98. The van der Waals surface area contributed by atoms with Crippen molar-refractivity contribution in [2.24, 2.45) is 7.05 Å². The molecule has 186 valence electrons. The molecule has 9 nitrogen and oxygen atoms in total. The zero-order valence-corrected chi connectivity index (χ0v) is 19.4. The summed E-state index contributed by atoms with van der Waals surface area (Å²) in [7, 11) is 1.57. The molecule has 35 heavy (non-hydrogen) atoms. The molecule has 1 aliphatic rings. The van der Waals surface area contributed by atoms with E-state index >= 15 is 0 Å². The molecule has 1 fully saturated rings. The maximum Gasteiger partial charge on any atom is 0.416 e. The largest absolute Gasteiger partial charge is 0.483 e. The highest BCUT2D eigenvalue weighted by Gasteiger charge is 2.32. The van der Waals surface area contributed by atoms with E-state index in [9.17, 15) is 22.8 Å². The van der Waals surface area contributed by atoms with Crippen LogP contribution in [0.2, 0.25) is 0 Å². The Hall–Kier alpha value is -3.67. The van der Waals surface area contributed by atoms with Crippen LogP contribution in [0.1, 0.15) is 37.4 Å². The molecular weight excluding hydrogens is 465 g/mol. The van der Waals surface area contributed by atoms with E-state index in [1.807, 2.05) is 0 Å². The number of fused-ring (bicyclic) bond motifs is 1. The number of hydrogen-bond donors (Lipinski definition) is 3. The van der Waals surface area contributed by atoms with Gasteiger partial charge in [0.2, 0.25) is 5.91 Å². The second kappa shape index (κ2) is 9.53. The number of aryl methyl sites for hydroxylation is 1. The second-order valence-electron chi connectivity index (χ2n) is 8.45. The third-order valence-electron chi connectivity index (χ3n) is 5.74. The molecule has 1 saturated heterocycles. The standard InChI is InChI=1S/C23H25F3N6O3/c1-12(14-6-15(23(24,25)26)8-16(7-14)31-13(2)33)30-20-18-9-19(35-17-4-5-27-10-17)22(34)32(3)21(18)29-11-28-20/h6-9,11-12,17,27H,4-5,10H2,1-3H3,(H,31,33)(H,28,29,30)/t12?,17-/m0/s1. The van der Waals surface area contributed by atoms with E-state index in [1.54, 1.807) is 20.0 Å². The highest BCUT2D eigenvalue weighted by atomic mass is 19.4. The molecule has 0 bridgehead atoms. The summed E-state index contributed by atoms with van der Waals surface area (Å²) >= 11 is 0. The van der Waals surface area contributed by atoms with Crippen molar-refractivity contribution < 1.29 is 22.7 Å².